The molecule has 0 aliphatic rings. The maximum atomic E-state index is 11.1. The van der Waals surface area contributed by atoms with Crippen LogP contribution in [0.4, 0.5) is 0 Å². The number of rotatable bonds is 8. The molecule has 2 N–H and O–H groups in total. The molecule has 6 heteroatoms. The summed E-state index contributed by atoms with van der Waals surface area (Å²) in [7, 11) is 4.64. The number of ether oxygens (including phenoxy) is 4. The summed E-state index contributed by atoms with van der Waals surface area (Å²) in [6.07, 6.45) is 0. The molecule has 0 aliphatic heterocycles. The molecule has 2 aromatic rings. The van der Waals surface area contributed by atoms with E-state index in [9.17, 15) is 4.79 Å². The Morgan fingerprint density at radius 3 is 2.00 bits per heavy atom. The summed E-state index contributed by atoms with van der Waals surface area (Å²) in [6.45, 7) is 3.99. The molecule has 2 rings (SSSR count). The number of nitrogens with two attached hydrogens (primary N) is 1. The van der Waals surface area contributed by atoms with Gasteiger partial charge in [0.1, 0.15) is 12.4 Å². The number of methoxy groups -OCH3 is 3. The molecule has 0 fully saturated rings. The summed E-state index contributed by atoms with van der Waals surface area (Å²) in [5, 5.41) is 0. The maximum absolute atomic E-state index is 11.1. The van der Waals surface area contributed by atoms with Crippen LogP contribution in [-0.4, -0.2) is 27.2 Å². The quantitative estimate of drug-likeness (QED) is 0.746. The van der Waals surface area contributed by atoms with Crippen LogP contribution in [0.15, 0.2) is 43.0 Å². The van der Waals surface area contributed by atoms with Crippen LogP contribution in [0.3, 0.4) is 0 Å². The van der Waals surface area contributed by atoms with E-state index in [4.69, 9.17) is 24.7 Å². The Kier molecular flexibility index (Phi) is 5.89. The zero-order chi connectivity index (χ0) is 18.4. The first-order valence-corrected chi connectivity index (χ1v) is 7.51. The van der Waals surface area contributed by atoms with Crippen LogP contribution in [-0.2, 0) is 11.4 Å². The fourth-order valence-electron chi connectivity index (χ4n) is 2.25. The number of benzene rings is 2. The smallest absolute Gasteiger partial charge is 0.248 e. The summed E-state index contributed by atoms with van der Waals surface area (Å²) < 4.78 is 21.7. The van der Waals surface area contributed by atoms with Crippen molar-refractivity contribution < 1.29 is 23.7 Å². The van der Waals surface area contributed by atoms with E-state index >= 15 is 0 Å². The lowest BCUT2D eigenvalue weighted by Gasteiger charge is -2.14. The average Bonchev–Trinajstić information content (AvgIpc) is 2.64. The number of amides is 1. The first-order chi connectivity index (χ1) is 12.0. The molecular formula is C19H21NO5. The second kappa shape index (κ2) is 8.10. The fraction of sp³-hybridized carbons (Fsp3) is 0.211. The van der Waals surface area contributed by atoms with Gasteiger partial charge in [-0.2, -0.15) is 0 Å². The third-order valence-electron chi connectivity index (χ3n) is 3.64. The Hall–Kier alpha value is -3.15. The molecule has 0 aliphatic carbocycles. The van der Waals surface area contributed by atoms with Crippen molar-refractivity contribution in [1.82, 2.24) is 0 Å². The highest BCUT2D eigenvalue weighted by Crippen LogP contribution is 2.40. The van der Waals surface area contributed by atoms with E-state index in [1.165, 1.54) is 0 Å². The molecular weight excluding hydrogens is 322 g/mol. The van der Waals surface area contributed by atoms with Crippen molar-refractivity contribution in [2.45, 2.75) is 6.61 Å². The van der Waals surface area contributed by atoms with Crippen LogP contribution in [0.25, 0.3) is 5.57 Å². The van der Waals surface area contributed by atoms with Crippen molar-refractivity contribution in [3.63, 3.8) is 0 Å². The van der Waals surface area contributed by atoms with Crippen molar-refractivity contribution in [2.75, 3.05) is 21.3 Å². The topological polar surface area (TPSA) is 80.0 Å². The molecule has 0 spiro atoms. The molecule has 0 saturated heterocycles. The Morgan fingerprint density at radius 2 is 1.56 bits per heavy atom. The molecule has 0 atom stereocenters. The maximum Gasteiger partial charge on any atom is 0.248 e. The largest absolute Gasteiger partial charge is 0.493 e. The summed E-state index contributed by atoms with van der Waals surface area (Å²) in [5.41, 5.74) is 7.11. The van der Waals surface area contributed by atoms with Gasteiger partial charge >= 0.3 is 0 Å². The minimum atomic E-state index is -0.540. The molecule has 2 aromatic carbocycles. The van der Waals surface area contributed by atoms with Gasteiger partial charge in [0.25, 0.3) is 0 Å². The molecule has 0 bridgehead atoms. The van der Waals surface area contributed by atoms with E-state index < -0.39 is 5.91 Å². The second-order valence-electron chi connectivity index (χ2n) is 5.19. The first kappa shape index (κ1) is 18.2. The van der Waals surface area contributed by atoms with Gasteiger partial charge in [0.2, 0.25) is 11.7 Å². The third-order valence-corrected chi connectivity index (χ3v) is 3.64. The highest BCUT2D eigenvalue weighted by molar-refractivity contribution is 6.17. The molecule has 0 radical (unpaired) electrons. The predicted molar refractivity (Wildman–Crippen MR) is 95.1 cm³/mol. The molecule has 0 heterocycles. The molecule has 0 aromatic heterocycles. The van der Waals surface area contributed by atoms with Crippen molar-refractivity contribution in [3.8, 4) is 23.0 Å². The normalized spacial score (nSPS) is 10.0. The molecule has 6 nitrogen and oxygen atoms in total. The lowest BCUT2D eigenvalue weighted by molar-refractivity contribution is -0.112. The molecule has 132 valence electrons. The van der Waals surface area contributed by atoms with Crippen LogP contribution in [0.5, 0.6) is 23.0 Å². The summed E-state index contributed by atoms with van der Waals surface area (Å²) in [6, 6.07) is 10.7. The SMILES string of the molecule is C=C(C(N)=O)c1ccc(COc2cc(OC)c(OC)c(OC)c2)cc1. The highest BCUT2D eigenvalue weighted by Gasteiger charge is 2.14. The van der Waals surface area contributed by atoms with Gasteiger partial charge in [0, 0.05) is 17.7 Å². The van der Waals surface area contributed by atoms with Gasteiger partial charge in [-0.25, -0.2) is 0 Å². The Morgan fingerprint density at radius 1 is 1.00 bits per heavy atom. The Bertz CT molecular complexity index is 743. The van der Waals surface area contributed by atoms with Gasteiger partial charge in [0.05, 0.1) is 21.3 Å². The second-order valence-corrected chi connectivity index (χ2v) is 5.19. The molecule has 0 saturated carbocycles. The third kappa shape index (κ3) is 4.23. The zero-order valence-electron chi connectivity index (χ0n) is 14.5. The van der Waals surface area contributed by atoms with E-state index in [2.05, 4.69) is 6.58 Å². The van der Waals surface area contributed by atoms with E-state index in [0.29, 0.717) is 35.2 Å². The minimum Gasteiger partial charge on any atom is -0.493 e. The van der Waals surface area contributed by atoms with Crippen LogP contribution in [0, 0.1) is 0 Å². The van der Waals surface area contributed by atoms with Gasteiger partial charge in [-0.15, -0.1) is 0 Å². The Labute approximate surface area is 146 Å². The monoisotopic (exact) mass is 343 g/mol. The van der Waals surface area contributed by atoms with Crippen LogP contribution in [0.2, 0.25) is 0 Å². The average molecular weight is 343 g/mol. The molecule has 0 unspecified atom stereocenters. The van der Waals surface area contributed by atoms with Crippen LogP contribution < -0.4 is 24.7 Å². The van der Waals surface area contributed by atoms with Crippen molar-refractivity contribution in [1.29, 1.82) is 0 Å². The highest BCUT2D eigenvalue weighted by atomic mass is 16.5. The zero-order valence-corrected chi connectivity index (χ0v) is 14.5. The molecule has 1 amide bonds. The van der Waals surface area contributed by atoms with Crippen LogP contribution in [0.1, 0.15) is 11.1 Å². The summed E-state index contributed by atoms with van der Waals surface area (Å²) >= 11 is 0. The lowest BCUT2D eigenvalue weighted by Crippen LogP contribution is -2.11. The number of primary amides is 1. The van der Waals surface area contributed by atoms with E-state index in [1.807, 2.05) is 12.1 Å². The van der Waals surface area contributed by atoms with Gasteiger partial charge in [-0.1, -0.05) is 30.8 Å². The van der Waals surface area contributed by atoms with Gasteiger partial charge in [-0.05, 0) is 11.1 Å². The van der Waals surface area contributed by atoms with Crippen molar-refractivity contribution in [2.24, 2.45) is 5.73 Å². The molecule has 25 heavy (non-hydrogen) atoms. The lowest BCUT2D eigenvalue weighted by atomic mass is 10.1. The van der Waals surface area contributed by atoms with Crippen molar-refractivity contribution >= 4 is 11.5 Å². The standard InChI is InChI=1S/C19H21NO5/c1-12(19(20)21)14-7-5-13(6-8-14)11-25-15-9-16(22-2)18(24-4)17(10-15)23-3/h5-10H,1,11H2,2-4H3,(H2,20,21). The van der Waals surface area contributed by atoms with Gasteiger partial charge in [0.15, 0.2) is 11.5 Å². The first-order valence-electron chi connectivity index (χ1n) is 7.51. The number of hydrogen-bond acceptors (Lipinski definition) is 5. The van der Waals surface area contributed by atoms with E-state index in [1.54, 1.807) is 45.6 Å². The van der Waals surface area contributed by atoms with Crippen LogP contribution >= 0.6 is 0 Å². The summed E-state index contributed by atoms with van der Waals surface area (Å²) in [5.74, 6) is 1.59. The minimum absolute atomic E-state index is 0.275. The van der Waals surface area contributed by atoms with E-state index in [-0.39, 0.29) is 5.57 Å². The Balaban J connectivity index is 2.13. The van der Waals surface area contributed by atoms with Gasteiger partial charge in [-0.3, -0.25) is 4.79 Å². The fourth-order valence-corrected chi connectivity index (χ4v) is 2.25. The van der Waals surface area contributed by atoms with Gasteiger partial charge < -0.3 is 24.7 Å². The predicted octanol–water partition coefficient (Wildman–Crippen LogP) is 2.79. The summed E-state index contributed by atoms with van der Waals surface area (Å²) in [4.78, 5) is 11.1. The number of carbonyl (C=O) groups excluding carboxylic acids is 1. The number of hydrogen-bond donors (Lipinski definition) is 1. The number of carbonyl (C=O) groups is 1. The van der Waals surface area contributed by atoms with Crippen molar-refractivity contribution in [3.05, 3.63) is 54.1 Å². The van der Waals surface area contributed by atoms with E-state index in [0.717, 1.165) is 5.56 Å².